The van der Waals surface area contributed by atoms with Gasteiger partial charge in [0.25, 0.3) is 18.3 Å². The van der Waals surface area contributed by atoms with Crippen LogP contribution in [-0.4, -0.2) is 32.7 Å². The van der Waals surface area contributed by atoms with Crippen molar-refractivity contribution in [2.24, 2.45) is 0 Å². The van der Waals surface area contributed by atoms with Crippen LogP contribution in [-0.2, 0) is 29.6 Å². The Bertz CT molecular complexity index is 1650. The maximum atomic E-state index is 14.9. The van der Waals surface area contributed by atoms with Crippen LogP contribution in [0.15, 0.2) is 54.9 Å². The van der Waals surface area contributed by atoms with Gasteiger partial charge in [0.1, 0.15) is 35.4 Å². The van der Waals surface area contributed by atoms with Crippen molar-refractivity contribution in [1.82, 2.24) is 25.1 Å². The van der Waals surface area contributed by atoms with Crippen LogP contribution in [0.2, 0.25) is 0 Å². The topological polar surface area (TPSA) is 84.7 Å². The van der Waals surface area contributed by atoms with Crippen molar-refractivity contribution in [3.63, 3.8) is 0 Å². The first kappa shape index (κ1) is 30.9. The van der Waals surface area contributed by atoms with E-state index < -0.39 is 78.2 Å². The van der Waals surface area contributed by atoms with E-state index in [1.54, 1.807) is 31.3 Å². The van der Waals surface area contributed by atoms with E-state index in [1.807, 2.05) is 0 Å². The molecule has 0 aliphatic heterocycles. The lowest BCUT2D eigenvalue weighted by Gasteiger charge is -2.29. The Kier molecular flexibility index (Phi) is 8.32. The second-order valence-electron chi connectivity index (χ2n) is 10.2. The molecule has 1 unspecified atom stereocenters. The number of rotatable bonds is 9. The average Bonchev–Trinajstić information content (AvgIpc) is 3.37. The van der Waals surface area contributed by atoms with Crippen LogP contribution in [0.1, 0.15) is 53.5 Å². The predicted octanol–water partition coefficient (Wildman–Crippen LogP) is 6.68. The summed E-state index contributed by atoms with van der Waals surface area (Å²) in [5, 5.41) is 8.71. The summed E-state index contributed by atoms with van der Waals surface area (Å²) >= 11 is 0. The molecule has 1 aliphatic carbocycles. The molecule has 3 aromatic heterocycles. The van der Waals surface area contributed by atoms with Crippen molar-refractivity contribution < 1.29 is 39.9 Å². The molecule has 0 saturated carbocycles. The molecular weight excluding hydrogens is 600 g/mol. The third-order valence-electron chi connectivity index (χ3n) is 7.14. The lowest BCUT2D eigenvalue weighted by Crippen LogP contribution is -2.37. The van der Waals surface area contributed by atoms with E-state index in [0.717, 1.165) is 12.1 Å². The largest absolute Gasteiger partial charge is 0.373 e. The smallest absolute Gasteiger partial charge is 0.290 e. The number of carbonyl (C=O) groups excluding carboxylic acids is 1. The third-order valence-corrected chi connectivity index (χ3v) is 7.14. The molecule has 1 aromatic carbocycles. The zero-order valence-corrected chi connectivity index (χ0v) is 22.9. The van der Waals surface area contributed by atoms with Gasteiger partial charge in [0.2, 0.25) is 5.91 Å². The van der Waals surface area contributed by atoms with Gasteiger partial charge >= 0.3 is 0 Å². The maximum Gasteiger partial charge on any atom is 0.290 e. The summed E-state index contributed by atoms with van der Waals surface area (Å²) in [5.74, 6) is -10.3. The van der Waals surface area contributed by atoms with Crippen molar-refractivity contribution in [2.75, 3.05) is 12.4 Å². The minimum absolute atomic E-state index is 0.0932. The van der Waals surface area contributed by atoms with Crippen LogP contribution in [0.3, 0.4) is 0 Å². The third kappa shape index (κ3) is 6.21. The van der Waals surface area contributed by atoms with Gasteiger partial charge in [0, 0.05) is 49.5 Å². The van der Waals surface area contributed by atoms with Gasteiger partial charge in [-0.15, -0.1) is 0 Å². The van der Waals surface area contributed by atoms with Crippen LogP contribution in [0.4, 0.5) is 40.9 Å². The zero-order chi connectivity index (χ0) is 31.8. The lowest BCUT2D eigenvalue weighted by molar-refractivity contribution is -0.123. The van der Waals surface area contributed by atoms with Gasteiger partial charge in [-0.1, -0.05) is 6.07 Å². The van der Waals surface area contributed by atoms with E-state index in [2.05, 4.69) is 25.7 Å². The van der Waals surface area contributed by atoms with Gasteiger partial charge in [0.15, 0.2) is 0 Å². The SMILES string of the molecule is CNc1ccc(-c2cccnc2C(Cc2cc(F)cc(F)c2)NC(=O)Cn2nc(C(F)F)c3c2C(F)(F)CCC3(F)F)cn1. The van der Waals surface area contributed by atoms with Gasteiger partial charge in [-0.25, -0.2) is 31.3 Å². The normalized spacial score (nSPS) is 16.0. The number of hydrogen-bond donors (Lipinski definition) is 2. The fourth-order valence-corrected chi connectivity index (χ4v) is 5.23. The molecule has 44 heavy (non-hydrogen) atoms. The molecule has 1 atom stereocenters. The second kappa shape index (κ2) is 11.8. The number of hydrogen-bond acceptors (Lipinski definition) is 5. The van der Waals surface area contributed by atoms with E-state index in [1.165, 1.54) is 12.4 Å². The Morgan fingerprint density at radius 1 is 0.977 bits per heavy atom. The van der Waals surface area contributed by atoms with E-state index in [-0.39, 0.29) is 22.4 Å². The molecule has 0 fully saturated rings. The van der Waals surface area contributed by atoms with Gasteiger partial charge < -0.3 is 10.6 Å². The summed E-state index contributed by atoms with van der Waals surface area (Å²) in [5.41, 5.74) is -3.31. The van der Waals surface area contributed by atoms with Crippen LogP contribution in [0, 0.1) is 11.6 Å². The maximum absolute atomic E-state index is 14.9. The molecule has 0 saturated heterocycles. The van der Waals surface area contributed by atoms with Gasteiger partial charge in [-0.2, -0.15) is 13.9 Å². The molecule has 7 nitrogen and oxygen atoms in total. The number of carbonyl (C=O) groups is 1. The summed E-state index contributed by atoms with van der Waals surface area (Å²) in [7, 11) is 1.67. The number of amides is 1. The van der Waals surface area contributed by atoms with Crippen molar-refractivity contribution >= 4 is 11.7 Å². The molecule has 15 heteroatoms. The number of nitrogens with one attached hydrogen (secondary N) is 2. The summed E-state index contributed by atoms with van der Waals surface area (Å²) in [6, 6.07) is 8.14. The lowest BCUT2D eigenvalue weighted by atomic mass is 9.89. The molecule has 3 heterocycles. The fourth-order valence-electron chi connectivity index (χ4n) is 5.23. The summed E-state index contributed by atoms with van der Waals surface area (Å²) in [6.07, 6.45) is -3.67. The molecule has 232 valence electrons. The Morgan fingerprint density at radius 3 is 2.32 bits per heavy atom. The molecule has 1 aliphatic rings. The van der Waals surface area contributed by atoms with E-state index >= 15 is 0 Å². The van der Waals surface area contributed by atoms with E-state index in [9.17, 15) is 39.9 Å². The average molecular weight is 625 g/mol. The van der Waals surface area contributed by atoms with Crippen molar-refractivity contribution in [3.8, 4) is 11.1 Å². The summed E-state index contributed by atoms with van der Waals surface area (Å²) in [4.78, 5) is 21.9. The number of alkyl halides is 6. The Labute approximate surface area is 245 Å². The monoisotopic (exact) mass is 624 g/mol. The highest BCUT2D eigenvalue weighted by molar-refractivity contribution is 5.77. The Hall–Kier alpha value is -4.56. The molecule has 5 rings (SSSR count). The zero-order valence-electron chi connectivity index (χ0n) is 22.9. The highest BCUT2D eigenvalue weighted by Gasteiger charge is 2.55. The number of nitrogens with zero attached hydrogens (tertiary/aromatic N) is 4. The van der Waals surface area contributed by atoms with Crippen molar-refractivity contribution in [2.45, 2.75) is 50.1 Å². The fraction of sp³-hybridized carbons (Fsp3) is 0.310. The molecule has 1 amide bonds. The molecule has 2 N–H and O–H groups in total. The van der Waals surface area contributed by atoms with Gasteiger partial charge in [-0.05, 0) is 42.3 Å². The quantitative estimate of drug-likeness (QED) is 0.203. The summed E-state index contributed by atoms with van der Waals surface area (Å²) < 4.78 is 114. The van der Waals surface area contributed by atoms with E-state index in [0.29, 0.717) is 23.0 Å². The predicted molar refractivity (Wildman–Crippen MR) is 142 cm³/mol. The number of halogens is 8. The van der Waals surface area contributed by atoms with Gasteiger partial charge in [0.05, 0.1) is 17.3 Å². The number of anilines is 1. The van der Waals surface area contributed by atoms with Crippen LogP contribution in [0.5, 0.6) is 0 Å². The summed E-state index contributed by atoms with van der Waals surface area (Å²) in [6.45, 7) is -1.13. The minimum atomic E-state index is -4.01. The first-order chi connectivity index (χ1) is 20.8. The first-order valence-electron chi connectivity index (χ1n) is 13.3. The first-order valence-corrected chi connectivity index (χ1v) is 13.3. The number of benzene rings is 1. The van der Waals surface area contributed by atoms with Crippen LogP contribution >= 0.6 is 0 Å². The van der Waals surface area contributed by atoms with Crippen molar-refractivity contribution in [3.05, 3.63) is 94.7 Å². The van der Waals surface area contributed by atoms with E-state index in [4.69, 9.17) is 0 Å². The van der Waals surface area contributed by atoms with Gasteiger partial charge in [-0.3, -0.25) is 14.5 Å². The Morgan fingerprint density at radius 2 is 1.68 bits per heavy atom. The molecular formula is C29H24F8N6O. The van der Waals surface area contributed by atoms with Crippen LogP contribution < -0.4 is 10.6 Å². The number of pyridine rings is 2. The standard InChI is InChI=1S/C29H24F8N6O/c1-38-21-5-4-16(13-40-21)19-3-2-8-39-24(19)20(11-15-9-17(30)12-18(31)10-15)41-22(44)14-43-26-23(25(42-43)27(32)33)28(34,35)6-7-29(26,36)37/h2-5,8-10,12-13,20,27H,6-7,11,14H2,1H3,(H,38,40)(H,41,44). The Balaban J connectivity index is 1.53. The highest BCUT2D eigenvalue weighted by atomic mass is 19.3. The molecule has 0 radical (unpaired) electrons. The number of aromatic nitrogens is 4. The second-order valence-corrected chi connectivity index (χ2v) is 10.2. The minimum Gasteiger partial charge on any atom is -0.373 e. The van der Waals surface area contributed by atoms with Crippen molar-refractivity contribution in [1.29, 1.82) is 0 Å². The molecule has 0 spiro atoms. The molecule has 0 bridgehead atoms. The number of fused-ring (bicyclic) bond motifs is 1. The van der Waals surface area contributed by atoms with Crippen LogP contribution in [0.25, 0.3) is 11.1 Å². The highest BCUT2D eigenvalue weighted by Crippen LogP contribution is 2.52. The molecule has 4 aromatic rings.